The molecule has 5 rings (SSSR count). The topological polar surface area (TPSA) is 36.9 Å². The van der Waals surface area contributed by atoms with E-state index in [4.69, 9.17) is 18.9 Å². The maximum atomic E-state index is 6.55. The zero-order valence-electron chi connectivity index (χ0n) is 21.4. The van der Waals surface area contributed by atoms with Crippen LogP contribution in [0.25, 0.3) is 10.8 Å². The maximum Gasteiger partial charge on any atom is 0.136 e. The van der Waals surface area contributed by atoms with E-state index in [9.17, 15) is 0 Å². The van der Waals surface area contributed by atoms with E-state index in [1.54, 1.807) is 44.9 Å². The van der Waals surface area contributed by atoms with Crippen LogP contribution in [0.15, 0.2) is 119 Å². The summed E-state index contributed by atoms with van der Waals surface area (Å²) in [6, 6.07) is 36.7. The number of fused-ring (bicyclic) bond motifs is 1. The molecule has 0 atom stereocenters. The fourth-order valence-corrected chi connectivity index (χ4v) is 6.71. The molecule has 0 aromatic heterocycles. The SMILES string of the molecule is COc1cccc(SC(Sc2cccc(OC)c2)c2ccc(OC)cc2Oc2ccc3ccccc3c2)c1. The van der Waals surface area contributed by atoms with Gasteiger partial charge in [0.05, 0.1) is 25.9 Å². The Morgan fingerprint density at radius 2 is 1.08 bits per heavy atom. The van der Waals surface area contributed by atoms with Crippen molar-refractivity contribution >= 4 is 34.3 Å². The van der Waals surface area contributed by atoms with Crippen LogP contribution in [0, 0.1) is 0 Å². The van der Waals surface area contributed by atoms with Crippen molar-refractivity contribution in [3.63, 3.8) is 0 Å². The lowest BCUT2D eigenvalue weighted by atomic mass is 10.1. The molecule has 5 aromatic rings. The zero-order valence-corrected chi connectivity index (χ0v) is 23.1. The molecule has 4 nitrogen and oxygen atoms in total. The standard InChI is InChI=1S/C32H28O4S2/c1-33-24-10-6-12-28(19-24)37-32(38-29-13-7-11-25(20-29)34-2)30-17-16-26(35-3)21-31(30)36-27-15-14-22-8-4-5-9-23(22)18-27/h4-21,32H,1-3H3. The lowest BCUT2D eigenvalue weighted by Gasteiger charge is -2.21. The van der Waals surface area contributed by atoms with Crippen LogP contribution >= 0.6 is 23.5 Å². The number of benzene rings is 5. The Hall–Kier alpha value is -3.74. The Kier molecular flexibility index (Phi) is 8.31. The molecule has 0 radical (unpaired) electrons. The van der Waals surface area contributed by atoms with Gasteiger partial charge in [-0.3, -0.25) is 0 Å². The monoisotopic (exact) mass is 540 g/mol. The highest BCUT2D eigenvalue weighted by molar-refractivity contribution is 8.16. The average molecular weight is 541 g/mol. The van der Waals surface area contributed by atoms with Gasteiger partial charge in [0.15, 0.2) is 0 Å². The molecule has 0 saturated carbocycles. The molecule has 6 heteroatoms. The third-order valence-corrected chi connectivity index (χ3v) is 8.56. The zero-order chi connectivity index (χ0) is 26.3. The quantitative estimate of drug-likeness (QED) is 0.130. The number of methoxy groups -OCH3 is 3. The third kappa shape index (κ3) is 6.21. The molecule has 0 fully saturated rings. The van der Waals surface area contributed by atoms with E-state index < -0.39 is 0 Å². The number of hydrogen-bond acceptors (Lipinski definition) is 6. The summed E-state index contributed by atoms with van der Waals surface area (Å²) >= 11 is 3.48. The molecular formula is C32H28O4S2. The predicted molar refractivity (Wildman–Crippen MR) is 157 cm³/mol. The minimum absolute atomic E-state index is 0.0319. The Balaban J connectivity index is 1.55. The summed E-state index contributed by atoms with van der Waals surface area (Å²) in [5.74, 6) is 3.90. The molecule has 0 spiro atoms. The van der Waals surface area contributed by atoms with E-state index >= 15 is 0 Å². The van der Waals surface area contributed by atoms with E-state index in [0.717, 1.165) is 49.5 Å². The number of ether oxygens (including phenoxy) is 4. The molecule has 5 aromatic carbocycles. The van der Waals surface area contributed by atoms with Gasteiger partial charge in [0.25, 0.3) is 0 Å². The summed E-state index contributed by atoms with van der Waals surface area (Å²) in [5.41, 5.74) is 1.04. The summed E-state index contributed by atoms with van der Waals surface area (Å²) in [6.45, 7) is 0. The molecule has 0 aliphatic rings. The fraction of sp³-hybridized carbons (Fsp3) is 0.125. The van der Waals surface area contributed by atoms with Crippen LogP contribution in [-0.4, -0.2) is 21.3 Å². The van der Waals surface area contributed by atoms with Gasteiger partial charge in [-0.15, -0.1) is 23.5 Å². The summed E-state index contributed by atoms with van der Waals surface area (Å²) in [6.07, 6.45) is 0. The summed E-state index contributed by atoms with van der Waals surface area (Å²) < 4.78 is 23.0. The van der Waals surface area contributed by atoms with E-state index in [2.05, 4.69) is 54.6 Å². The highest BCUT2D eigenvalue weighted by Crippen LogP contribution is 2.51. The number of thioether (sulfide) groups is 2. The molecule has 0 aliphatic heterocycles. The lowest BCUT2D eigenvalue weighted by molar-refractivity contribution is 0.408. The van der Waals surface area contributed by atoms with Crippen LogP contribution in [0.5, 0.6) is 28.7 Å². The van der Waals surface area contributed by atoms with E-state index in [1.807, 2.05) is 54.6 Å². The highest BCUT2D eigenvalue weighted by Gasteiger charge is 2.22. The Morgan fingerprint density at radius 3 is 1.71 bits per heavy atom. The third-order valence-electron chi connectivity index (χ3n) is 5.99. The first-order valence-corrected chi connectivity index (χ1v) is 13.9. The van der Waals surface area contributed by atoms with Gasteiger partial charge in [-0.2, -0.15) is 0 Å². The smallest absolute Gasteiger partial charge is 0.136 e. The molecule has 192 valence electrons. The van der Waals surface area contributed by atoms with Crippen molar-refractivity contribution in [3.05, 3.63) is 115 Å². The molecule has 0 aliphatic carbocycles. The number of hydrogen-bond donors (Lipinski definition) is 0. The van der Waals surface area contributed by atoms with Gasteiger partial charge >= 0.3 is 0 Å². The Bertz CT molecular complexity index is 1490. The fourth-order valence-electron chi connectivity index (χ4n) is 4.03. The van der Waals surface area contributed by atoms with E-state index in [0.29, 0.717) is 0 Å². The van der Waals surface area contributed by atoms with Crippen molar-refractivity contribution in [3.8, 4) is 28.7 Å². The van der Waals surface area contributed by atoms with Crippen LogP contribution in [0.4, 0.5) is 0 Å². The van der Waals surface area contributed by atoms with Crippen molar-refractivity contribution in [1.29, 1.82) is 0 Å². The molecule has 0 bridgehead atoms. The summed E-state index contributed by atoms with van der Waals surface area (Å²) in [7, 11) is 5.04. The first-order valence-electron chi connectivity index (χ1n) is 12.1. The summed E-state index contributed by atoms with van der Waals surface area (Å²) in [4.78, 5) is 2.19. The molecule has 0 heterocycles. The van der Waals surface area contributed by atoms with Gasteiger partial charge in [-0.1, -0.05) is 42.5 Å². The predicted octanol–water partition coefficient (Wildman–Crippen LogP) is 9.24. The van der Waals surface area contributed by atoms with Gasteiger partial charge < -0.3 is 18.9 Å². The van der Waals surface area contributed by atoms with Crippen molar-refractivity contribution in [2.75, 3.05) is 21.3 Å². The molecule has 0 N–H and O–H groups in total. The van der Waals surface area contributed by atoms with Crippen LogP contribution in [0.1, 0.15) is 10.1 Å². The molecular weight excluding hydrogens is 512 g/mol. The maximum absolute atomic E-state index is 6.55. The molecule has 0 unspecified atom stereocenters. The van der Waals surface area contributed by atoms with Crippen molar-refractivity contribution < 1.29 is 18.9 Å². The van der Waals surface area contributed by atoms with Gasteiger partial charge in [-0.05, 0) is 71.4 Å². The van der Waals surface area contributed by atoms with Crippen LogP contribution in [0.2, 0.25) is 0 Å². The van der Waals surface area contributed by atoms with Gasteiger partial charge in [-0.25, -0.2) is 0 Å². The normalized spacial score (nSPS) is 10.9. The molecule has 0 saturated heterocycles. The second-order valence-corrected chi connectivity index (χ2v) is 11.1. The second kappa shape index (κ2) is 12.2. The Morgan fingerprint density at radius 1 is 0.500 bits per heavy atom. The van der Waals surface area contributed by atoms with Crippen LogP contribution < -0.4 is 18.9 Å². The lowest BCUT2D eigenvalue weighted by Crippen LogP contribution is -1.97. The van der Waals surface area contributed by atoms with Crippen molar-refractivity contribution in [1.82, 2.24) is 0 Å². The van der Waals surface area contributed by atoms with Gasteiger partial charge in [0.1, 0.15) is 28.7 Å². The number of rotatable bonds is 10. The van der Waals surface area contributed by atoms with E-state index in [-0.39, 0.29) is 4.58 Å². The second-order valence-electron chi connectivity index (χ2n) is 8.44. The largest absolute Gasteiger partial charge is 0.497 e. The molecule has 0 amide bonds. The minimum Gasteiger partial charge on any atom is -0.497 e. The van der Waals surface area contributed by atoms with Crippen molar-refractivity contribution in [2.45, 2.75) is 14.4 Å². The first kappa shape index (κ1) is 25.9. The van der Waals surface area contributed by atoms with Gasteiger partial charge in [0, 0.05) is 21.4 Å². The molecule has 38 heavy (non-hydrogen) atoms. The first-order chi connectivity index (χ1) is 18.6. The minimum atomic E-state index is -0.0319. The summed E-state index contributed by atoms with van der Waals surface area (Å²) in [5, 5.41) is 2.30. The van der Waals surface area contributed by atoms with Crippen molar-refractivity contribution in [2.24, 2.45) is 0 Å². The van der Waals surface area contributed by atoms with Crippen LogP contribution in [-0.2, 0) is 0 Å². The van der Waals surface area contributed by atoms with Crippen LogP contribution in [0.3, 0.4) is 0 Å². The van der Waals surface area contributed by atoms with Gasteiger partial charge in [0.2, 0.25) is 0 Å². The van der Waals surface area contributed by atoms with E-state index in [1.165, 1.54) is 5.39 Å². The Labute approximate surface area is 231 Å². The highest BCUT2D eigenvalue weighted by atomic mass is 32.2. The average Bonchev–Trinajstić information content (AvgIpc) is 2.97.